The van der Waals surface area contributed by atoms with Crippen LogP contribution in [0.25, 0.3) is 0 Å². The van der Waals surface area contributed by atoms with E-state index in [4.69, 9.17) is 0 Å². The zero-order chi connectivity index (χ0) is 14.0. The Bertz CT molecular complexity index is 578. The predicted molar refractivity (Wildman–Crippen MR) is 62.3 cm³/mol. The Morgan fingerprint density at radius 2 is 1.74 bits per heavy atom. The van der Waals surface area contributed by atoms with Gasteiger partial charge in [-0.2, -0.15) is 13.8 Å². The van der Waals surface area contributed by atoms with Gasteiger partial charge in [0.05, 0.1) is 4.90 Å². The fourth-order valence-electron chi connectivity index (χ4n) is 1.12. The molecule has 4 nitrogen and oxygen atoms in total. The Morgan fingerprint density at radius 3 is 2.32 bits per heavy atom. The van der Waals surface area contributed by atoms with Crippen LogP contribution in [0.2, 0.25) is 0 Å². The van der Waals surface area contributed by atoms with Gasteiger partial charge in [-0.15, -0.1) is 10.2 Å². The van der Waals surface area contributed by atoms with Gasteiger partial charge in [-0.25, -0.2) is 8.78 Å². The zero-order valence-corrected chi connectivity index (χ0v) is 11.0. The van der Waals surface area contributed by atoms with Crippen LogP contribution in [0.5, 0.6) is 0 Å². The molecule has 2 rings (SSSR count). The van der Waals surface area contributed by atoms with Crippen LogP contribution < -0.4 is 5.32 Å². The molecule has 19 heavy (non-hydrogen) atoms. The Balaban J connectivity index is 2.32. The number of hydrogen-bond donors (Lipinski definition) is 1. The number of anilines is 1. The van der Waals surface area contributed by atoms with Crippen molar-refractivity contribution in [3.05, 3.63) is 23.5 Å². The summed E-state index contributed by atoms with van der Waals surface area (Å²) in [5, 5.41) is 10.6. The van der Waals surface area contributed by atoms with Crippen LogP contribution in [0.3, 0.4) is 0 Å². The van der Waals surface area contributed by atoms with E-state index in [1.54, 1.807) is 0 Å². The van der Waals surface area contributed by atoms with E-state index in [-0.39, 0.29) is 4.34 Å². The average molecular weight is 310 g/mol. The molecule has 0 saturated heterocycles. The van der Waals surface area contributed by atoms with Gasteiger partial charge in [0.2, 0.25) is 5.13 Å². The molecular formula is C9H6F4N4S2. The second-order valence-corrected chi connectivity index (χ2v) is 5.39. The van der Waals surface area contributed by atoms with Crippen molar-refractivity contribution in [3.63, 3.8) is 0 Å². The fraction of sp³-hybridized carbons (Fsp3) is 0.222. The molecule has 0 aliphatic carbocycles. The van der Waals surface area contributed by atoms with Crippen molar-refractivity contribution in [2.45, 2.75) is 16.2 Å². The van der Waals surface area contributed by atoms with E-state index in [1.165, 1.54) is 0 Å². The minimum atomic E-state index is -1.70. The topological polar surface area (TPSA) is 50.7 Å². The highest BCUT2D eigenvalue weighted by Gasteiger charge is 2.22. The fourth-order valence-corrected chi connectivity index (χ4v) is 2.92. The van der Waals surface area contributed by atoms with Gasteiger partial charge in [-0.1, -0.05) is 23.1 Å². The number of nitrogens with one attached hydrogen (secondary N) is 1. The van der Waals surface area contributed by atoms with E-state index in [0.717, 1.165) is 11.3 Å². The Kier molecular flexibility index (Phi) is 4.20. The van der Waals surface area contributed by atoms with E-state index in [9.17, 15) is 17.6 Å². The molecule has 1 N–H and O–H groups in total. The van der Waals surface area contributed by atoms with Gasteiger partial charge in [0.15, 0.2) is 16.0 Å². The monoisotopic (exact) mass is 310 g/mol. The molecule has 0 saturated carbocycles. The molecule has 0 aliphatic heterocycles. The molecule has 0 bridgehead atoms. The summed E-state index contributed by atoms with van der Waals surface area (Å²) in [5.74, 6) is -6.50. The summed E-state index contributed by atoms with van der Waals surface area (Å²) in [6, 6.07) is 0. The second kappa shape index (κ2) is 5.70. The van der Waals surface area contributed by atoms with Crippen LogP contribution >= 0.6 is 23.1 Å². The first-order valence-electron chi connectivity index (χ1n) is 4.98. The van der Waals surface area contributed by atoms with Crippen LogP contribution in [0.4, 0.5) is 22.7 Å². The third-order valence-electron chi connectivity index (χ3n) is 1.88. The molecule has 0 unspecified atom stereocenters. The summed E-state index contributed by atoms with van der Waals surface area (Å²) in [6.07, 6.45) is 0. The number of halogens is 4. The standard InChI is InChI=1S/C9H6F4N4S2/c1-2-14-8-16-17-9(19-8)18-5-3(10)6(12)15-7(13)4(5)11/h2H2,1H3,(H,14,16). The molecule has 2 aromatic rings. The lowest BCUT2D eigenvalue weighted by atomic mass is 10.4. The van der Waals surface area contributed by atoms with Crippen LogP contribution in [0, 0.1) is 23.5 Å². The molecule has 0 aliphatic rings. The van der Waals surface area contributed by atoms with Crippen LogP contribution in [-0.2, 0) is 0 Å². The normalized spacial score (nSPS) is 10.8. The summed E-state index contributed by atoms with van der Waals surface area (Å²) < 4.78 is 52.7. The first-order valence-corrected chi connectivity index (χ1v) is 6.61. The van der Waals surface area contributed by atoms with Gasteiger partial charge in [0.25, 0.3) is 11.9 Å². The number of hydrogen-bond acceptors (Lipinski definition) is 6. The molecule has 0 radical (unpaired) electrons. The second-order valence-electron chi connectivity index (χ2n) is 3.16. The predicted octanol–water partition coefficient (Wildman–Crippen LogP) is 3.07. The van der Waals surface area contributed by atoms with E-state index >= 15 is 0 Å². The Labute approximate surface area is 113 Å². The molecule has 0 amide bonds. The smallest absolute Gasteiger partial charge is 0.252 e. The SMILES string of the molecule is CCNc1nnc(Sc2c(F)c(F)nc(F)c2F)s1. The van der Waals surface area contributed by atoms with E-state index < -0.39 is 28.4 Å². The molecule has 2 heterocycles. The molecule has 0 fully saturated rings. The molecule has 0 spiro atoms. The van der Waals surface area contributed by atoms with Gasteiger partial charge in [-0.05, 0) is 6.92 Å². The van der Waals surface area contributed by atoms with Crippen molar-refractivity contribution >= 4 is 28.2 Å². The summed E-state index contributed by atoms with van der Waals surface area (Å²) in [4.78, 5) is 1.64. The third kappa shape index (κ3) is 2.95. The van der Waals surface area contributed by atoms with Gasteiger partial charge in [-0.3, -0.25) is 0 Å². The third-order valence-corrected chi connectivity index (χ3v) is 3.88. The first-order chi connectivity index (χ1) is 9.02. The van der Waals surface area contributed by atoms with Crippen molar-refractivity contribution in [3.8, 4) is 0 Å². The number of pyridine rings is 1. The molecule has 0 atom stereocenters. The average Bonchev–Trinajstić information content (AvgIpc) is 2.80. The van der Waals surface area contributed by atoms with Crippen LogP contribution in [-0.4, -0.2) is 21.7 Å². The van der Waals surface area contributed by atoms with Gasteiger partial charge in [0.1, 0.15) is 0 Å². The largest absolute Gasteiger partial charge is 0.360 e. The maximum atomic E-state index is 13.4. The minimum Gasteiger partial charge on any atom is -0.360 e. The Hall–Kier alpha value is -1.42. The van der Waals surface area contributed by atoms with Gasteiger partial charge >= 0.3 is 0 Å². The number of rotatable bonds is 4. The van der Waals surface area contributed by atoms with Crippen molar-refractivity contribution in [1.82, 2.24) is 15.2 Å². The van der Waals surface area contributed by atoms with Crippen molar-refractivity contribution < 1.29 is 17.6 Å². The summed E-state index contributed by atoms with van der Waals surface area (Å²) >= 11 is 1.46. The lowest BCUT2D eigenvalue weighted by Crippen LogP contribution is -2.01. The van der Waals surface area contributed by atoms with Crippen molar-refractivity contribution in [2.75, 3.05) is 11.9 Å². The highest BCUT2D eigenvalue weighted by atomic mass is 32.2. The van der Waals surface area contributed by atoms with E-state index in [2.05, 4.69) is 20.5 Å². The lowest BCUT2D eigenvalue weighted by Gasteiger charge is -2.02. The summed E-state index contributed by atoms with van der Waals surface area (Å²) in [6.45, 7) is 2.43. The van der Waals surface area contributed by atoms with Crippen LogP contribution in [0.1, 0.15) is 6.92 Å². The molecular weight excluding hydrogens is 304 g/mol. The van der Waals surface area contributed by atoms with Crippen molar-refractivity contribution in [1.29, 1.82) is 0 Å². The Morgan fingerprint density at radius 1 is 1.11 bits per heavy atom. The van der Waals surface area contributed by atoms with E-state index in [1.807, 2.05) is 6.92 Å². The first kappa shape index (κ1) is 14.0. The van der Waals surface area contributed by atoms with Crippen LogP contribution in [0.15, 0.2) is 9.24 Å². The van der Waals surface area contributed by atoms with Gasteiger partial charge < -0.3 is 5.32 Å². The number of nitrogens with zero attached hydrogens (tertiary/aromatic N) is 3. The molecule has 2 aromatic heterocycles. The zero-order valence-electron chi connectivity index (χ0n) is 9.38. The minimum absolute atomic E-state index is 0.152. The molecule has 102 valence electrons. The maximum Gasteiger partial charge on any atom is 0.252 e. The molecule has 0 aromatic carbocycles. The highest BCUT2D eigenvalue weighted by Crippen LogP contribution is 2.35. The lowest BCUT2D eigenvalue weighted by molar-refractivity contribution is 0.383. The molecule has 10 heteroatoms. The highest BCUT2D eigenvalue weighted by molar-refractivity contribution is 8.01. The van der Waals surface area contributed by atoms with Crippen molar-refractivity contribution in [2.24, 2.45) is 0 Å². The quantitative estimate of drug-likeness (QED) is 0.695. The number of aromatic nitrogens is 3. The summed E-state index contributed by atoms with van der Waals surface area (Å²) in [7, 11) is 0. The van der Waals surface area contributed by atoms with E-state index in [0.29, 0.717) is 23.4 Å². The summed E-state index contributed by atoms with van der Waals surface area (Å²) in [5.41, 5.74) is 0. The maximum absolute atomic E-state index is 13.4. The van der Waals surface area contributed by atoms with Gasteiger partial charge in [0, 0.05) is 6.54 Å².